The van der Waals surface area contributed by atoms with Gasteiger partial charge < -0.3 is 5.11 Å². The van der Waals surface area contributed by atoms with E-state index in [1.165, 1.54) is 5.57 Å². The van der Waals surface area contributed by atoms with Crippen molar-refractivity contribution >= 4 is 11.4 Å². The van der Waals surface area contributed by atoms with E-state index in [0.717, 1.165) is 53.5 Å². The Balaban J connectivity index is 3.04. The van der Waals surface area contributed by atoms with E-state index in [0.29, 0.717) is 5.75 Å². The number of hydrogen-bond donors (Lipinski definition) is 1. The fourth-order valence-corrected chi connectivity index (χ4v) is 5.15. The first kappa shape index (κ1) is 29.4. The van der Waals surface area contributed by atoms with Crippen LogP contribution >= 0.6 is 0 Å². The molecule has 1 aliphatic carbocycles. The number of benzene rings is 1. The highest BCUT2D eigenvalue weighted by molar-refractivity contribution is 6.09. The maximum absolute atomic E-state index is 14.3. The summed E-state index contributed by atoms with van der Waals surface area (Å²) in [7, 11) is 0. The van der Waals surface area contributed by atoms with Gasteiger partial charge in [0.2, 0.25) is 0 Å². The Morgan fingerprint density at radius 1 is 0.743 bits per heavy atom. The average Bonchev–Trinajstić information content (AvgIpc) is 2.79. The highest BCUT2D eigenvalue weighted by atomic mass is 16.3. The van der Waals surface area contributed by atoms with Crippen LogP contribution in [-0.2, 0) is 15.6 Å². The second-order valence-corrected chi connectivity index (χ2v) is 13.4. The molecular weight excluding hydrogens is 428 g/mol. The van der Waals surface area contributed by atoms with E-state index >= 15 is 0 Å². The molecule has 196 valence electrons. The van der Waals surface area contributed by atoms with Crippen LogP contribution in [0.15, 0.2) is 29.4 Å². The Labute approximate surface area is 216 Å². The van der Waals surface area contributed by atoms with Crippen molar-refractivity contribution in [2.75, 3.05) is 0 Å². The Hall–Kier alpha value is -1.83. The molecule has 0 bridgehead atoms. The Morgan fingerprint density at radius 2 is 1.17 bits per heavy atom. The second-order valence-electron chi connectivity index (χ2n) is 13.4. The molecule has 0 aliphatic heterocycles. The molecule has 0 amide bonds. The van der Waals surface area contributed by atoms with Gasteiger partial charge in [0.05, 0.1) is 5.92 Å². The molecule has 0 fully saturated rings. The molecule has 2 heteroatoms. The molecule has 1 N–H and O–H groups in total. The number of aromatic hydroxyl groups is 1. The van der Waals surface area contributed by atoms with Crippen LogP contribution in [0.25, 0.3) is 5.57 Å². The number of carbonyl (C=O) groups is 1. The minimum atomic E-state index is -0.210. The summed E-state index contributed by atoms with van der Waals surface area (Å²) >= 11 is 0. The topological polar surface area (TPSA) is 37.3 Å². The molecule has 1 unspecified atom stereocenters. The SMILES string of the molecule is CCC(C)(C)C1=CC(C)=C(c2cc(C(C)(C)CC)c(O)c(C(C)(C)CC)c2)C(C(C)(C)CC)C1=O. The van der Waals surface area contributed by atoms with Crippen molar-refractivity contribution in [3.8, 4) is 5.75 Å². The first-order valence-corrected chi connectivity index (χ1v) is 13.8. The lowest BCUT2D eigenvalue weighted by atomic mass is 9.61. The Kier molecular flexibility index (Phi) is 8.32. The molecule has 0 saturated heterocycles. The van der Waals surface area contributed by atoms with E-state index in [2.05, 4.69) is 108 Å². The van der Waals surface area contributed by atoms with Crippen LogP contribution in [0.1, 0.15) is 132 Å². The van der Waals surface area contributed by atoms with Crippen molar-refractivity contribution in [3.05, 3.63) is 46.0 Å². The largest absolute Gasteiger partial charge is 0.507 e. The first-order chi connectivity index (χ1) is 15.9. The number of phenols is 1. The van der Waals surface area contributed by atoms with Crippen LogP contribution in [0.4, 0.5) is 0 Å². The van der Waals surface area contributed by atoms with Gasteiger partial charge in [-0.15, -0.1) is 0 Å². The van der Waals surface area contributed by atoms with E-state index in [-0.39, 0.29) is 33.4 Å². The number of allylic oxidation sites excluding steroid dienone is 4. The van der Waals surface area contributed by atoms with Crippen molar-refractivity contribution in [2.24, 2.45) is 16.7 Å². The third-order valence-corrected chi connectivity index (χ3v) is 9.55. The van der Waals surface area contributed by atoms with Gasteiger partial charge in [0, 0.05) is 16.7 Å². The van der Waals surface area contributed by atoms with Gasteiger partial charge in [-0.05, 0) is 83.1 Å². The summed E-state index contributed by atoms with van der Waals surface area (Å²) in [5.74, 6) is 0.477. The molecule has 0 aromatic heterocycles. The predicted molar refractivity (Wildman–Crippen MR) is 152 cm³/mol. The quantitative estimate of drug-likeness (QED) is 0.382. The average molecular weight is 481 g/mol. The van der Waals surface area contributed by atoms with Crippen LogP contribution in [-0.4, -0.2) is 10.9 Å². The van der Waals surface area contributed by atoms with Crippen LogP contribution in [0.2, 0.25) is 0 Å². The minimum absolute atomic E-state index is 0.161. The van der Waals surface area contributed by atoms with Gasteiger partial charge in [-0.3, -0.25) is 4.79 Å². The summed E-state index contributed by atoms with van der Waals surface area (Å²) in [5, 5.41) is 11.5. The van der Waals surface area contributed by atoms with Gasteiger partial charge in [-0.25, -0.2) is 0 Å². The molecule has 1 aromatic carbocycles. The number of carbonyl (C=O) groups excluding carboxylic acids is 1. The summed E-state index contributed by atoms with van der Waals surface area (Å²) in [6.45, 7) is 28.6. The van der Waals surface area contributed by atoms with E-state index in [9.17, 15) is 9.90 Å². The lowest BCUT2D eigenvalue weighted by Crippen LogP contribution is -2.38. The summed E-state index contributed by atoms with van der Waals surface area (Å²) < 4.78 is 0. The molecular formula is C33H52O2. The fourth-order valence-electron chi connectivity index (χ4n) is 5.15. The fraction of sp³-hybridized carbons (Fsp3) is 0.667. The normalized spacial score (nSPS) is 18.3. The molecule has 1 aromatic rings. The van der Waals surface area contributed by atoms with E-state index < -0.39 is 0 Å². The van der Waals surface area contributed by atoms with Crippen molar-refractivity contribution in [3.63, 3.8) is 0 Å². The number of hydrogen-bond acceptors (Lipinski definition) is 2. The van der Waals surface area contributed by atoms with E-state index in [1.807, 2.05) is 0 Å². The molecule has 2 nitrogen and oxygen atoms in total. The molecule has 35 heavy (non-hydrogen) atoms. The van der Waals surface area contributed by atoms with Gasteiger partial charge >= 0.3 is 0 Å². The highest BCUT2D eigenvalue weighted by Crippen LogP contribution is 2.51. The van der Waals surface area contributed by atoms with Crippen molar-refractivity contribution in [1.82, 2.24) is 0 Å². The lowest BCUT2D eigenvalue weighted by molar-refractivity contribution is -0.121. The minimum Gasteiger partial charge on any atom is -0.507 e. The second kappa shape index (κ2) is 9.91. The van der Waals surface area contributed by atoms with Crippen LogP contribution in [0.5, 0.6) is 5.75 Å². The molecule has 0 spiro atoms. The molecule has 2 rings (SSSR count). The van der Waals surface area contributed by atoms with Gasteiger partial charge in [0.1, 0.15) is 5.75 Å². The first-order valence-electron chi connectivity index (χ1n) is 13.8. The van der Waals surface area contributed by atoms with Gasteiger partial charge in [0.25, 0.3) is 0 Å². The standard InChI is InChI=1S/C33H52O2/c1-14-30(6,7)23-18-21(5)26(27(29(23)35)33(12,13)17-4)22-19-24(31(8,9)15-2)28(34)25(20-22)32(10,11)16-3/h18-20,27,34H,14-17H2,1-13H3. The van der Waals surface area contributed by atoms with Gasteiger partial charge in [0.15, 0.2) is 5.78 Å². The van der Waals surface area contributed by atoms with E-state index in [4.69, 9.17) is 0 Å². The maximum Gasteiger partial charge on any atom is 0.167 e. The summed E-state index contributed by atoms with van der Waals surface area (Å²) in [6.07, 6.45) is 5.84. The van der Waals surface area contributed by atoms with Crippen LogP contribution < -0.4 is 0 Å². The molecule has 1 atom stereocenters. The lowest BCUT2D eigenvalue weighted by Gasteiger charge is -2.41. The Bertz CT molecular complexity index is 990. The third-order valence-electron chi connectivity index (χ3n) is 9.55. The number of rotatable bonds is 9. The maximum atomic E-state index is 14.3. The van der Waals surface area contributed by atoms with E-state index in [1.54, 1.807) is 0 Å². The summed E-state index contributed by atoms with van der Waals surface area (Å²) in [5.41, 5.74) is 5.64. The number of Topliss-reactive ketones (excluding diaryl/α,β-unsaturated/α-hetero) is 1. The smallest absolute Gasteiger partial charge is 0.167 e. The number of ketones is 1. The summed E-state index contributed by atoms with van der Waals surface area (Å²) in [6, 6.07) is 4.37. The van der Waals surface area contributed by atoms with Gasteiger partial charge in [-0.1, -0.05) is 89.2 Å². The molecule has 0 heterocycles. The zero-order valence-electron chi connectivity index (χ0n) is 25.0. The molecule has 1 aliphatic rings. The molecule has 0 saturated carbocycles. The predicted octanol–water partition coefficient (Wildman–Crippen LogP) is 9.54. The van der Waals surface area contributed by atoms with Crippen LogP contribution in [0, 0.1) is 16.7 Å². The molecule has 0 radical (unpaired) electrons. The van der Waals surface area contributed by atoms with Crippen molar-refractivity contribution < 1.29 is 9.90 Å². The highest BCUT2D eigenvalue weighted by Gasteiger charge is 2.44. The third kappa shape index (κ3) is 5.32. The zero-order chi connectivity index (χ0) is 27.1. The monoisotopic (exact) mass is 480 g/mol. The van der Waals surface area contributed by atoms with Crippen molar-refractivity contribution in [2.45, 2.75) is 127 Å². The van der Waals surface area contributed by atoms with Crippen molar-refractivity contribution in [1.29, 1.82) is 0 Å². The Morgan fingerprint density at radius 3 is 1.54 bits per heavy atom. The zero-order valence-corrected chi connectivity index (χ0v) is 25.0. The van der Waals surface area contributed by atoms with Crippen LogP contribution in [0.3, 0.4) is 0 Å². The van der Waals surface area contributed by atoms with Gasteiger partial charge in [-0.2, -0.15) is 0 Å². The summed E-state index contributed by atoms with van der Waals surface area (Å²) in [4.78, 5) is 14.3. The number of phenolic OH excluding ortho intramolecular Hbond substituents is 1.